The first kappa shape index (κ1) is 10.6. The number of hydrogen-bond donors (Lipinski definition) is 0. The van der Waals surface area contributed by atoms with Gasteiger partial charge in [-0.2, -0.15) is 0 Å². The normalized spacial score (nSPS) is 10.1. The van der Waals surface area contributed by atoms with E-state index in [4.69, 9.17) is 4.74 Å². The van der Waals surface area contributed by atoms with Crippen LogP contribution in [-0.4, -0.2) is 7.11 Å². The SMILES string of the molecule is CCC[CH]c1ccc(OC)c(Br)c1. The number of halogens is 1. The van der Waals surface area contributed by atoms with E-state index in [0.717, 1.165) is 16.6 Å². The molecule has 0 saturated heterocycles. The molecule has 0 amide bonds. The fourth-order valence-electron chi connectivity index (χ4n) is 1.12. The van der Waals surface area contributed by atoms with E-state index in [1.165, 1.54) is 12.0 Å². The average Bonchev–Trinajstić information content (AvgIpc) is 2.15. The predicted molar refractivity (Wildman–Crippen MR) is 59.0 cm³/mol. The van der Waals surface area contributed by atoms with Crippen molar-refractivity contribution >= 4 is 15.9 Å². The maximum absolute atomic E-state index is 5.14. The quantitative estimate of drug-likeness (QED) is 0.780. The molecule has 0 spiro atoms. The summed E-state index contributed by atoms with van der Waals surface area (Å²) in [4.78, 5) is 0. The molecular formula is C11H14BrO. The molecule has 0 unspecified atom stereocenters. The van der Waals surface area contributed by atoms with Gasteiger partial charge in [-0.3, -0.25) is 0 Å². The molecule has 1 aromatic carbocycles. The fourth-order valence-corrected chi connectivity index (χ4v) is 1.68. The van der Waals surface area contributed by atoms with Crippen LogP contribution >= 0.6 is 15.9 Å². The topological polar surface area (TPSA) is 9.23 Å². The van der Waals surface area contributed by atoms with E-state index in [1.54, 1.807) is 7.11 Å². The highest BCUT2D eigenvalue weighted by Gasteiger charge is 2.00. The summed E-state index contributed by atoms with van der Waals surface area (Å²) >= 11 is 3.45. The highest BCUT2D eigenvalue weighted by molar-refractivity contribution is 9.10. The van der Waals surface area contributed by atoms with E-state index in [-0.39, 0.29) is 0 Å². The van der Waals surface area contributed by atoms with Crippen molar-refractivity contribution in [2.75, 3.05) is 7.11 Å². The van der Waals surface area contributed by atoms with Gasteiger partial charge in [0.25, 0.3) is 0 Å². The first-order valence-corrected chi connectivity index (χ1v) is 5.24. The first-order chi connectivity index (χ1) is 6.27. The number of benzene rings is 1. The van der Waals surface area contributed by atoms with Crippen molar-refractivity contribution in [3.63, 3.8) is 0 Å². The maximum atomic E-state index is 5.14. The maximum Gasteiger partial charge on any atom is 0.133 e. The molecule has 0 fully saturated rings. The third kappa shape index (κ3) is 3.03. The molecule has 1 radical (unpaired) electrons. The summed E-state index contributed by atoms with van der Waals surface area (Å²) in [5.41, 5.74) is 1.24. The molecule has 0 atom stereocenters. The van der Waals surface area contributed by atoms with Crippen LogP contribution in [0.3, 0.4) is 0 Å². The largest absolute Gasteiger partial charge is 0.496 e. The van der Waals surface area contributed by atoms with Gasteiger partial charge in [0, 0.05) is 0 Å². The zero-order chi connectivity index (χ0) is 9.68. The lowest BCUT2D eigenvalue weighted by molar-refractivity contribution is 0.412. The van der Waals surface area contributed by atoms with Crippen LogP contribution in [0.25, 0.3) is 0 Å². The Hall–Kier alpha value is -0.500. The van der Waals surface area contributed by atoms with E-state index < -0.39 is 0 Å². The van der Waals surface area contributed by atoms with Gasteiger partial charge in [-0.25, -0.2) is 0 Å². The number of hydrogen-bond acceptors (Lipinski definition) is 1. The molecule has 0 saturated carbocycles. The van der Waals surface area contributed by atoms with Crippen molar-refractivity contribution < 1.29 is 4.74 Å². The molecular weight excluding hydrogens is 228 g/mol. The third-order valence-corrected chi connectivity index (χ3v) is 2.46. The van der Waals surface area contributed by atoms with Crippen molar-refractivity contribution in [2.24, 2.45) is 0 Å². The van der Waals surface area contributed by atoms with Crippen molar-refractivity contribution in [3.8, 4) is 5.75 Å². The van der Waals surface area contributed by atoms with E-state index in [0.29, 0.717) is 0 Å². The molecule has 71 valence electrons. The molecule has 0 aliphatic rings. The van der Waals surface area contributed by atoms with Gasteiger partial charge < -0.3 is 4.74 Å². The zero-order valence-corrected chi connectivity index (χ0v) is 9.60. The van der Waals surface area contributed by atoms with Gasteiger partial charge in [0.15, 0.2) is 0 Å². The summed E-state index contributed by atoms with van der Waals surface area (Å²) in [6.07, 6.45) is 4.53. The van der Waals surface area contributed by atoms with E-state index >= 15 is 0 Å². The minimum atomic E-state index is 0.883. The number of rotatable bonds is 4. The fraction of sp³-hybridized carbons (Fsp3) is 0.364. The lowest BCUT2D eigenvalue weighted by atomic mass is 10.1. The van der Waals surface area contributed by atoms with Crippen LogP contribution < -0.4 is 4.74 Å². The Morgan fingerprint density at radius 3 is 2.77 bits per heavy atom. The Labute approximate surface area is 88.2 Å². The molecule has 0 heterocycles. The van der Waals surface area contributed by atoms with Gasteiger partial charge in [-0.05, 0) is 46.5 Å². The Morgan fingerprint density at radius 1 is 1.46 bits per heavy atom. The van der Waals surface area contributed by atoms with Crippen LogP contribution in [0.15, 0.2) is 22.7 Å². The van der Waals surface area contributed by atoms with Crippen LogP contribution in [0.2, 0.25) is 0 Å². The number of methoxy groups -OCH3 is 1. The summed E-state index contributed by atoms with van der Waals surface area (Å²) in [5.74, 6) is 0.883. The molecule has 0 N–H and O–H groups in total. The Morgan fingerprint density at radius 2 is 2.23 bits per heavy atom. The van der Waals surface area contributed by atoms with E-state index in [2.05, 4.69) is 41.4 Å². The first-order valence-electron chi connectivity index (χ1n) is 4.44. The molecule has 0 aliphatic heterocycles. The predicted octanol–water partition coefficient (Wildman–Crippen LogP) is 3.81. The van der Waals surface area contributed by atoms with Crippen LogP contribution in [0.4, 0.5) is 0 Å². The van der Waals surface area contributed by atoms with Gasteiger partial charge in [0.1, 0.15) is 5.75 Å². The second-order valence-corrected chi connectivity index (χ2v) is 3.74. The highest BCUT2D eigenvalue weighted by Crippen LogP contribution is 2.26. The standard InChI is InChI=1S/C11H14BrO/c1-3-4-5-9-6-7-11(13-2)10(12)8-9/h5-8H,3-4H2,1-2H3. The van der Waals surface area contributed by atoms with Crippen LogP contribution in [0.5, 0.6) is 5.75 Å². The molecule has 1 rings (SSSR count). The Bertz CT molecular complexity index is 271. The van der Waals surface area contributed by atoms with Crippen molar-refractivity contribution in [3.05, 3.63) is 34.7 Å². The highest BCUT2D eigenvalue weighted by atomic mass is 79.9. The summed E-state index contributed by atoms with van der Waals surface area (Å²) < 4.78 is 6.16. The summed E-state index contributed by atoms with van der Waals surface area (Å²) in [6, 6.07) is 6.12. The van der Waals surface area contributed by atoms with Gasteiger partial charge in [-0.1, -0.05) is 19.4 Å². The smallest absolute Gasteiger partial charge is 0.133 e. The molecule has 0 aromatic heterocycles. The summed E-state index contributed by atoms with van der Waals surface area (Å²) in [5, 5.41) is 0. The van der Waals surface area contributed by atoms with Gasteiger partial charge >= 0.3 is 0 Å². The molecule has 2 heteroatoms. The third-order valence-electron chi connectivity index (χ3n) is 1.84. The molecule has 13 heavy (non-hydrogen) atoms. The Kier molecular flexibility index (Phi) is 4.29. The lowest BCUT2D eigenvalue weighted by Gasteiger charge is -2.05. The summed E-state index contributed by atoms with van der Waals surface area (Å²) in [6.45, 7) is 2.18. The van der Waals surface area contributed by atoms with Crippen molar-refractivity contribution in [2.45, 2.75) is 19.8 Å². The van der Waals surface area contributed by atoms with Gasteiger partial charge in [0.05, 0.1) is 11.6 Å². The van der Waals surface area contributed by atoms with Gasteiger partial charge in [0.2, 0.25) is 0 Å². The zero-order valence-electron chi connectivity index (χ0n) is 8.01. The van der Waals surface area contributed by atoms with Crippen LogP contribution in [-0.2, 0) is 0 Å². The molecule has 0 aliphatic carbocycles. The van der Waals surface area contributed by atoms with Gasteiger partial charge in [-0.15, -0.1) is 0 Å². The second kappa shape index (κ2) is 5.28. The van der Waals surface area contributed by atoms with Crippen LogP contribution in [0, 0.1) is 6.42 Å². The van der Waals surface area contributed by atoms with Crippen molar-refractivity contribution in [1.82, 2.24) is 0 Å². The van der Waals surface area contributed by atoms with Crippen molar-refractivity contribution in [1.29, 1.82) is 0 Å². The lowest BCUT2D eigenvalue weighted by Crippen LogP contribution is -1.86. The minimum absolute atomic E-state index is 0.883. The van der Waals surface area contributed by atoms with E-state index in [9.17, 15) is 0 Å². The number of unbranched alkanes of at least 4 members (excludes halogenated alkanes) is 1. The second-order valence-electron chi connectivity index (χ2n) is 2.89. The summed E-state index contributed by atoms with van der Waals surface area (Å²) in [7, 11) is 1.68. The number of ether oxygens (including phenoxy) is 1. The minimum Gasteiger partial charge on any atom is -0.496 e. The van der Waals surface area contributed by atoms with E-state index in [1.807, 2.05) is 6.07 Å². The molecule has 1 nitrogen and oxygen atoms in total. The monoisotopic (exact) mass is 241 g/mol. The average molecular weight is 242 g/mol. The Balaban J connectivity index is 2.71. The van der Waals surface area contributed by atoms with Crippen LogP contribution in [0.1, 0.15) is 25.3 Å². The molecule has 1 aromatic rings. The molecule has 0 bridgehead atoms.